The standard InChI is InChI=1S/C12H10BrF6N3O2/c13-8-2-1-6(3-7(8)12(17,18)19)20-4-9(23)22-10(24)21-5-11(14,15)16/h1-3,20H,4-5H2,(H2,21,22,23,24). The maximum atomic E-state index is 12.7. The second-order valence-corrected chi connectivity index (χ2v) is 5.25. The molecule has 0 spiro atoms. The van der Waals surface area contributed by atoms with Crippen molar-refractivity contribution < 1.29 is 35.9 Å². The first-order valence-corrected chi connectivity index (χ1v) is 6.93. The van der Waals surface area contributed by atoms with Crippen LogP contribution in [0.5, 0.6) is 0 Å². The molecule has 1 aromatic carbocycles. The number of nitrogens with one attached hydrogen (secondary N) is 3. The van der Waals surface area contributed by atoms with Gasteiger partial charge in [0.1, 0.15) is 6.54 Å². The van der Waals surface area contributed by atoms with Crippen molar-refractivity contribution in [3.63, 3.8) is 0 Å². The largest absolute Gasteiger partial charge is 0.417 e. The molecule has 1 rings (SSSR count). The summed E-state index contributed by atoms with van der Waals surface area (Å²) in [6, 6.07) is 1.72. The molecule has 0 aliphatic rings. The molecule has 0 atom stereocenters. The van der Waals surface area contributed by atoms with Crippen LogP contribution in [0.3, 0.4) is 0 Å². The molecule has 0 unspecified atom stereocenters. The minimum absolute atomic E-state index is 0.0589. The van der Waals surface area contributed by atoms with Crippen molar-refractivity contribution in [1.82, 2.24) is 10.6 Å². The van der Waals surface area contributed by atoms with Crippen LogP contribution < -0.4 is 16.0 Å². The number of anilines is 1. The van der Waals surface area contributed by atoms with Gasteiger partial charge in [-0.15, -0.1) is 0 Å². The van der Waals surface area contributed by atoms with E-state index in [1.165, 1.54) is 11.4 Å². The van der Waals surface area contributed by atoms with E-state index in [1.54, 1.807) is 5.32 Å². The molecule has 0 aromatic heterocycles. The Hall–Kier alpha value is -1.98. The summed E-state index contributed by atoms with van der Waals surface area (Å²) in [5.41, 5.74) is -1.03. The molecule has 12 heteroatoms. The first-order chi connectivity index (χ1) is 10.9. The van der Waals surface area contributed by atoms with Gasteiger partial charge in [-0.1, -0.05) is 15.9 Å². The van der Waals surface area contributed by atoms with Crippen LogP contribution in [-0.4, -0.2) is 31.2 Å². The van der Waals surface area contributed by atoms with Gasteiger partial charge in [0.2, 0.25) is 5.91 Å². The number of hydrogen-bond acceptors (Lipinski definition) is 3. The zero-order valence-corrected chi connectivity index (χ0v) is 13.2. The van der Waals surface area contributed by atoms with E-state index in [-0.39, 0.29) is 10.2 Å². The fourth-order valence-corrected chi connectivity index (χ4v) is 1.90. The van der Waals surface area contributed by atoms with E-state index in [1.807, 2.05) is 0 Å². The first-order valence-electron chi connectivity index (χ1n) is 6.13. The van der Waals surface area contributed by atoms with E-state index < -0.39 is 42.9 Å². The Morgan fingerprint density at radius 1 is 1.08 bits per heavy atom. The Labute approximate surface area is 139 Å². The third kappa shape index (κ3) is 7.06. The van der Waals surface area contributed by atoms with Gasteiger partial charge in [0.15, 0.2) is 0 Å². The van der Waals surface area contributed by atoms with Crippen LogP contribution in [-0.2, 0) is 11.0 Å². The average molecular weight is 422 g/mol. The van der Waals surface area contributed by atoms with Gasteiger partial charge in [-0.2, -0.15) is 26.3 Å². The summed E-state index contributed by atoms with van der Waals surface area (Å²) in [5.74, 6) is -1.02. The van der Waals surface area contributed by atoms with Crippen molar-refractivity contribution >= 4 is 33.6 Å². The number of urea groups is 1. The van der Waals surface area contributed by atoms with E-state index >= 15 is 0 Å². The summed E-state index contributed by atoms with van der Waals surface area (Å²) in [5, 5.41) is 5.33. The smallest absolute Gasteiger partial charge is 0.376 e. The van der Waals surface area contributed by atoms with Crippen molar-refractivity contribution in [1.29, 1.82) is 0 Å². The monoisotopic (exact) mass is 421 g/mol. The Balaban J connectivity index is 2.55. The molecule has 1 aromatic rings. The third-order valence-electron chi connectivity index (χ3n) is 2.43. The topological polar surface area (TPSA) is 70.2 Å². The van der Waals surface area contributed by atoms with Gasteiger partial charge in [-0.05, 0) is 18.2 Å². The molecule has 0 aliphatic carbocycles. The molecule has 0 saturated heterocycles. The number of carbonyl (C=O) groups excluding carboxylic acids is 2. The molecule has 0 aliphatic heterocycles. The van der Waals surface area contributed by atoms with E-state index in [2.05, 4.69) is 21.2 Å². The number of alkyl halides is 6. The molecule has 0 saturated carbocycles. The molecule has 0 fully saturated rings. The first kappa shape index (κ1) is 20.1. The highest BCUT2D eigenvalue weighted by Gasteiger charge is 2.33. The fourth-order valence-electron chi connectivity index (χ4n) is 1.43. The Bertz CT molecular complexity index is 618. The van der Waals surface area contributed by atoms with Crippen molar-refractivity contribution in [2.75, 3.05) is 18.4 Å². The lowest BCUT2D eigenvalue weighted by atomic mass is 10.2. The molecular formula is C12H10BrF6N3O2. The highest BCUT2D eigenvalue weighted by molar-refractivity contribution is 9.10. The Kier molecular flexibility index (Phi) is 6.46. The van der Waals surface area contributed by atoms with Crippen LogP contribution in [0, 0.1) is 0 Å². The molecule has 3 N–H and O–H groups in total. The lowest BCUT2D eigenvalue weighted by Crippen LogP contribution is -2.45. The summed E-state index contributed by atoms with van der Waals surface area (Å²) in [4.78, 5) is 22.4. The van der Waals surface area contributed by atoms with E-state index in [9.17, 15) is 35.9 Å². The van der Waals surface area contributed by atoms with Gasteiger partial charge in [-0.25, -0.2) is 4.79 Å². The Morgan fingerprint density at radius 3 is 2.25 bits per heavy atom. The zero-order chi connectivity index (χ0) is 18.5. The van der Waals surface area contributed by atoms with Gasteiger partial charge < -0.3 is 10.6 Å². The normalized spacial score (nSPS) is 11.8. The minimum atomic E-state index is -4.63. The summed E-state index contributed by atoms with van der Waals surface area (Å²) in [6.45, 7) is -2.24. The number of rotatable bonds is 4. The number of benzene rings is 1. The molecule has 134 valence electrons. The van der Waals surface area contributed by atoms with Crippen LogP contribution >= 0.6 is 15.9 Å². The predicted octanol–water partition coefficient (Wildman–Crippen LogP) is 3.27. The number of halogens is 7. The van der Waals surface area contributed by atoms with E-state index in [0.717, 1.165) is 12.1 Å². The van der Waals surface area contributed by atoms with Crippen LogP contribution in [0.4, 0.5) is 36.8 Å². The van der Waals surface area contributed by atoms with Gasteiger partial charge >= 0.3 is 18.4 Å². The SMILES string of the molecule is O=C(CNc1ccc(Br)c(C(F)(F)F)c1)NC(=O)NCC(F)(F)F. The highest BCUT2D eigenvalue weighted by atomic mass is 79.9. The number of imide groups is 1. The van der Waals surface area contributed by atoms with Crippen molar-refractivity contribution in [2.45, 2.75) is 12.4 Å². The number of carbonyl (C=O) groups is 2. The Morgan fingerprint density at radius 2 is 1.71 bits per heavy atom. The van der Waals surface area contributed by atoms with E-state index in [0.29, 0.717) is 0 Å². The average Bonchev–Trinajstić information content (AvgIpc) is 2.42. The fraction of sp³-hybridized carbons (Fsp3) is 0.333. The quantitative estimate of drug-likeness (QED) is 0.653. The molecule has 3 amide bonds. The summed E-state index contributed by atoms with van der Waals surface area (Å²) in [7, 11) is 0. The van der Waals surface area contributed by atoms with Crippen LogP contribution in [0.1, 0.15) is 5.56 Å². The van der Waals surface area contributed by atoms with Crippen molar-refractivity contribution in [3.8, 4) is 0 Å². The van der Waals surface area contributed by atoms with Crippen LogP contribution in [0.15, 0.2) is 22.7 Å². The van der Waals surface area contributed by atoms with Crippen LogP contribution in [0.25, 0.3) is 0 Å². The second kappa shape index (κ2) is 7.73. The highest BCUT2D eigenvalue weighted by Crippen LogP contribution is 2.36. The summed E-state index contributed by atoms with van der Waals surface area (Å²) < 4.78 is 73.5. The second-order valence-electron chi connectivity index (χ2n) is 4.39. The van der Waals surface area contributed by atoms with Gasteiger partial charge in [-0.3, -0.25) is 10.1 Å². The molecule has 0 bridgehead atoms. The van der Waals surface area contributed by atoms with E-state index in [4.69, 9.17) is 0 Å². The summed E-state index contributed by atoms with van der Waals surface area (Å²) in [6.07, 6.45) is -9.25. The number of hydrogen-bond donors (Lipinski definition) is 3. The van der Waals surface area contributed by atoms with Crippen molar-refractivity contribution in [3.05, 3.63) is 28.2 Å². The lowest BCUT2D eigenvalue weighted by molar-refractivity contribution is -0.138. The maximum absolute atomic E-state index is 12.7. The third-order valence-corrected chi connectivity index (χ3v) is 3.12. The predicted molar refractivity (Wildman–Crippen MR) is 75.2 cm³/mol. The molecule has 24 heavy (non-hydrogen) atoms. The van der Waals surface area contributed by atoms with Gasteiger partial charge in [0, 0.05) is 10.2 Å². The maximum Gasteiger partial charge on any atom is 0.417 e. The van der Waals surface area contributed by atoms with Gasteiger partial charge in [0.05, 0.1) is 12.1 Å². The van der Waals surface area contributed by atoms with Crippen LogP contribution in [0.2, 0.25) is 0 Å². The molecule has 0 heterocycles. The molecule has 5 nitrogen and oxygen atoms in total. The number of amides is 3. The lowest BCUT2D eigenvalue weighted by Gasteiger charge is -2.13. The zero-order valence-electron chi connectivity index (χ0n) is 11.6. The van der Waals surface area contributed by atoms with Crippen molar-refractivity contribution in [2.24, 2.45) is 0 Å². The minimum Gasteiger partial charge on any atom is -0.376 e. The summed E-state index contributed by atoms with van der Waals surface area (Å²) >= 11 is 2.74. The molecular weight excluding hydrogens is 412 g/mol. The molecule has 0 radical (unpaired) electrons. The van der Waals surface area contributed by atoms with Gasteiger partial charge in [0.25, 0.3) is 0 Å².